The second-order valence-electron chi connectivity index (χ2n) is 9.99. The summed E-state index contributed by atoms with van der Waals surface area (Å²) >= 11 is 0. The highest BCUT2D eigenvalue weighted by Gasteiger charge is 2.51. The van der Waals surface area contributed by atoms with Crippen LogP contribution in [0.3, 0.4) is 0 Å². The van der Waals surface area contributed by atoms with Gasteiger partial charge in [0.1, 0.15) is 0 Å². The number of carbonyl (C=O) groups is 1. The molecule has 1 unspecified atom stereocenters. The number of hydrogen-bond donors (Lipinski definition) is 1. The van der Waals surface area contributed by atoms with E-state index in [1.807, 2.05) is 12.1 Å². The molecule has 2 saturated heterocycles. The zero-order chi connectivity index (χ0) is 20.9. The summed E-state index contributed by atoms with van der Waals surface area (Å²) in [5.74, 6) is 0. The van der Waals surface area contributed by atoms with Crippen molar-refractivity contribution in [3.8, 4) is 0 Å². The van der Waals surface area contributed by atoms with Gasteiger partial charge in [0, 0.05) is 25.3 Å². The molecule has 1 amide bonds. The summed E-state index contributed by atoms with van der Waals surface area (Å²) < 4.78 is 12.4. The van der Waals surface area contributed by atoms with E-state index in [9.17, 15) is 9.90 Å². The summed E-state index contributed by atoms with van der Waals surface area (Å²) in [6.07, 6.45) is -0.842. The van der Waals surface area contributed by atoms with Crippen molar-refractivity contribution in [3.63, 3.8) is 0 Å². The Morgan fingerprint density at radius 2 is 1.75 bits per heavy atom. The van der Waals surface area contributed by atoms with Crippen LogP contribution < -0.4 is 10.4 Å². The lowest BCUT2D eigenvalue weighted by Crippen LogP contribution is -2.59. The van der Waals surface area contributed by atoms with Crippen LogP contribution in [0.2, 0.25) is 0 Å². The second-order valence-corrected chi connectivity index (χ2v) is 9.99. The van der Waals surface area contributed by atoms with E-state index < -0.39 is 13.2 Å². The van der Waals surface area contributed by atoms with Crippen LogP contribution in [-0.2, 0) is 9.31 Å². The molecule has 0 bridgehead atoms. The van der Waals surface area contributed by atoms with E-state index in [0.717, 1.165) is 11.2 Å². The molecular formula is C21H33BN2O4. The Kier molecular flexibility index (Phi) is 5.22. The van der Waals surface area contributed by atoms with E-state index in [2.05, 4.69) is 65.5 Å². The van der Waals surface area contributed by atoms with Crippen LogP contribution in [0.25, 0.3) is 0 Å². The zero-order valence-electron chi connectivity index (χ0n) is 18.2. The van der Waals surface area contributed by atoms with Gasteiger partial charge in [-0.3, -0.25) is 0 Å². The first-order chi connectivity index (χ1) is 12.8. The molecule has 7 heteroatoms. The van der Waals surface area contributed by atoms with Crippen molar-refractivity contribution < 1.29 is 19.2 Å². The Bertz CT molecular complexity index is 728. The van der Waals surface area contributed by atoms with Gasteiger partial charge in [0.05, 0.1) is 17.2 Å². The van der Waals surface area contributed by atoms with Crippen LogP contribution in [0.1, 0.15) is 48.5 Å². The summed E-state index contributed by atoms with van der Waals surface area (Å²) in [5.41, 5.74) is 1.17. The van der Waals surface area contributed by atoms with Crippen LogP contribution in [0.5, 0.6) is 0 Å². The number of benzene rings is 1. The van der Waals surface area contributed by atoms with Crippen molar-refractivity contribution >= 4 is 24.4 Å². The van der Waals surface area contributed by atoms with Crippen molar-refractivity contribution in [2.24, 2.45) is 5.41 Å². The number of anilines is 1. The third kappa shape index (κ3) is 3.87. The average molecular weight is 388 g/mol. The molecule has 0 spiro atoms. The first-order valence-corrected chi connectivity index (χ1v) is 10.0. The minimum Gasteiger partial charge on any atom is -0.465 e. The van der Waals surface area contributed by atoms with Crippen molar-refractivity contribution in [2.75, 3.05) is 24.5 Å². The van der Waals surface area contributed by atoms with Crippen molar-refractivity contribution in [1.29, 1.82) is 0 Å². The lowest BCUT2D eigenvalue weighted by Gasteiger charge is -2.46. The molecule has 2 fully saturated rings. The quantitative estimate of drug-likeness (QED) is 0.789. The van der Waals surface area contributed by atoms with Crippen molar-refractivity contribution in [3.05, 3.63) is 24.3 Å². The second kappa shape index (κ2) is 6.96. The Morgan fingerprint density at radius 3 is 2.29 bits per heavy atom. The molecule has 1 atom stereocenters. The number of carboxylic acid groups (broad SMARTS) is 1. The molecule has 0 aromatic heterocycles. The minimum absolute atomic E-state index is 0.0701. The van der Waals surface area contributed by atoms with Crippen LogP contribution in [0.4, 0.5) is 10.5 Å². The molecule has 1 N–H and O–H groups in total. The highest BCUT2D eigenvalue weighted by molar-refractivity contribution is 6.62. The molecule has 28 heavy (non-hydrogen) atoms. The predicted octanol–water partition coefficient (Wildman–Crippen LogP) is 3.20. The molecule has 2 aliphatic rings. The van der Waals surface area contributed by atoms with Gasteiger partial charge in [0.25, 0.3) is 0 Å². The Morgan fingerprint density at radius 1 is 1.14 bits per heavy atom. The molecule has 2 heterocycles. The summed E-state index contributed by atoms with van der Waals surface area (Å²) in [6, 6.07) is 8.16. The lowest BCUT2D eigenvalue weighted by molar-refractivity contribution is 0.00578. The van der Waals surface area contributed by atoms with Crippen molar-refractivity contribution in [2.45, 2.75) is 65.7 Å². The van der Waals surface area contributed by atoms with E-state index >= 15 is 0 Å². The van der Waals surface area contributed by atoms with Gasteiger partial charge < -0.3 is 24.2 Å². The van der Waals surface area contributed by atoms with Gasteiger partial charge in [-0.05, 0) is 50.7 Å². The fourth-order valence-electron chi connectivity index (χ4n) is 3.83. The monoisotopic (exact) mass is 388 g/mol. The molecule has 1 aromatic carbocycles. The number of hydrogen-bond acceptors (Lipinski definition) is 4. The topological polar surface area (TPSA) is 62.2 Å². The number of piperazine rings is 1. The van der Waals surface area contributed by atoms with Crippen LogP contribution in [-0.4, -0.2) is 60.1 Å². The summed E-state index contributed by atoms with van der Waals surface area (Å²) in [5, 5.41) is 9.59. The predicted molar refractivity (Wildman–Crippen MR) is 112 cm³/mol. The Hall–Kier alpha value is -1.73. The Labute approximate surface area is 168 Å². The first-order valence-electron chi connectivity index (χ1n) is 10.0. The Balaban J connectivity index is 1.82. The largest absolute Gasteiger partial charge is 0.494 e. The van der Waals surface area contributed by atoms with E-state index in [-0.39, 0.29) is 22.7 Å². The molecule has 0 saturated carbocycles. The molecule has 2 aliphatic heterocycles. The standard InChI is InChI=1S/C21H33BN2O4/c1-19(2,3)17-14-23(11-12-24(17)18(25)26)16-10-8-9-15(13-16)22-27-20(4,5)21(6,7)28-22/h8-10,13,17H,11-12,14H2,1-7H3,(H,25,26). The number of amides is 1. The molecule has 0 aliphatic carbocycles. The van der Waals surface area contributed by atoms with Gasteiger partial charge in [-0.15, -0.1) is 0 Å². The number of rotatable bonds is 2. The van der Waals surface area contributed by atoms with Crippen LogP contribution in [0.15, 0.2) is 24.3 Å². The van der Waals surface area contributed by atoms with Gasteiger partial charge >= 0.3 is 13.2 Å². The van der Waals surface area contributed by atoms with E-state index in [1.165, 1.54) is 0 Å². The molecule has 154 valence electrons. The zero-order valence-corrected chi connectivity index (χ0v) is 18.2. The smallest absolute Gasteiger partial charge is 0.465 e. The normalized spacial score (nSPS) is 24.5. The fraction of sp³-hybridized carbons (Fsp3) is 0.667. The third-order valence-corrected chi connectivity index (χ3v) is 6.39. The van der Waals surface area contributed by atoms with Gasteiger partial charge in [-0.2, -0.15) is 0 Å². The highest BCUT2D eigenvalue weighted by atomic mass is 16.7. The van der Waals surface area contributed by atoms with E-state index in [1.54, 1.807) is 4.90 Å². The third-order valence-electron chi connectivity index (χ3n) is 6.39. The van der Waals surface area contributed by atoms with Gasteiger partial charge in [-0.1, -0.05) is 32.9 Å². The molecule has 0 radical (unpaired) electrons. The summed E-state index contributed by atoms with van der Waals surface area (Å²) in [7, 11) is -0.399. The minimum atomic E-state index is -0.842. The highest BCUT2D eigenvalue weighted by Crippen LogP contribution is 2.37. The van der Waals surface area contributed by atoms with E-state index in [4.69, 9.17) is 9.31 Å². The SMILES string of the molecule is CC(C)(C)C1CN(c2cccc(B3OC(C)(C)C(C)(C)O3)c2)CCN1C(=O)O. The lowest BCUT2D eigenvalue weighted by atomic mass is 9.78. The molecule has 1 aromatic rings. The van der Waals surface area contributed by atoms with Crippen LogP contribution in [0, 0.1) is 5.41 Å². The maximum Gasteiger partial charge on any atom is 0.494 e. The van der Waals surface area contributed by atoms with Gasteiger partial charge in [-0.25, -0.2) is 4.79 Å². The van der Waals surface area contributed by atoms with E-state index in [0.29, 0.717) is 19.6 Å². The first kappa shape index (κ1) is 21.0. The molecule has 3 rings (SSSR count). The molecule has 6 nitrogen and oxygen atoms in total. The van der Waals surface area contributed by atoms with Crippen LogP contribution >= 0.6 is 0 Å². The fourth-order valence-corrected chi connectivity index (χ4v) is 3.83. The maximum atomic E-state index is 11.7. The summed E-state index contributed by atoms with van der Waals surface area (Å²) in [6.45, 7) is 16.3. The number of nitrogens with zero attached hydrogens (tertiary/aromatic N) is 2. The molecular weight excluding hydrogens is 355 g/mol. The maximum absolute atomic E-state index is 11.7. The van der Waals surface area contributed by atoms with Gasteiger partial charge in [0.2, 0.25) is 0 Å². The average Bonchev–Trinajstić information content (AvgIpc) is 2.81. The van der Waals surface area contributed by atoms with Crippen molar-refractivity contribution in [1.82, 2.24) is 4.90 Å². The van der Waals surface area contributed by atoms with Gasteiger partial charge in [0.15, 0.2) is 0 Å². The summed E-state index contributed by atoms with van der Waals surface area (Å²) in [4.78, 5) is 15.5.